The normalized spacial score (nSPS) is 10.9. The molecule has 0 fully saturated rings. The van der Waals surface area contributed by atoms with Gasteiger partial charge >= 0.3 is 0 Å². The summed E-state index contributed by atoms with van der Waals surface area (Å²) in [6.45, 7) is 11.1. The van der Waals surface area contributed by atoms with Crippen molar-refractivity contribution in [1.29, 1.82) is 0 Å². The van der Waals surface area contributed by atoms with Gasteiger partial charge in [-0.15, -0.1) is 0 Å². The maximum absolute atomic E-state index is 12.9. The molecular formula is C21H25N5O2. The second-order valence-corrected chi connectivity index (χ2v) is 7.28. The van der Waals surface area contributed by atoms with Gasteiger partial charge in [0.15, 0.2) is 0 Å². The zero-order valence-electron chi connectivity index (χ0n) is 17.1. The third-order valence-electron chi connectivity index (χ3n) is 4.62. The van der Waals surface area contributed by atoms with Crippen molar-refractivity contribution in [3.8, 4) is 5.95 Å². The minimum absolute atomic E-state index is 0.145. The first-order valence-electron chi connectivity index (χ1n) is 9.15. The molecule has 7 nitrogen and oxygen atoms in total. The molecule has 0 atom stereocenters. The molecule has 3 rings (SSSR count). The summed E-state index contributed by atoms with van der Waals surface area (Å²) in [5, 5.41) is 7.31. The highest BCUT2D eigenvalue weighted by molar-refractivity contribution is 5.90. The Morgan fingerprint density at radius 3 is 2.21 bits per heavy atom. The maximum Gasteiger partial charge on any atom is 0.258 e. The lowest BCUT2D eigenvalue weighted by Gasteiger charge is -2.15. The molecule has 3 aromatic rings. The summed E-state index contributed by atoms with van der Waals surface area (Å²) in [6, 6.07) is 7.73. The number of carbonyl (C=O) groups excluding carboxylic acids is 1. The smallest absolute Gasteiger partial charge is 0.258 e. The number of amides is 1. The van der Waals surface area contributed by atoms with E-state index in [9.17, 15) is 9.59 Å². The molecule has 0 aliphatic heterocycles. The fourth-order valence-electron chi connectivity index (χ4n) is 3.27. The van der Waals surface area contributed by atoms with Crippen LogP contribution in [0, 0.1) is 41.5 Å². The van der Waals surface area contributed by atoms with Crippen LogP contribution in [0.3, 0.4) is 0 Å². The standard InChI is InChI=1S/C21H25N5O2/c1-12-7-13(2)9-18(8-12)23-19(27)11-25-20(28)16(5)17(6)22-21(25)26-15(4)10-14(3)24-26/h7-10H,11H2,1-6H3,(H,23,27). The maximum atomic E-state index is 12.9. The third-order valence-corrected chi connectivity index (χ3v) is 4.62. The Bertz CT molecular complexity index is 1100. The first-order valence-corrected chi connectivity index (χ1v) is 9.15. The summed E-state index contributed by atoms with van der Waals surface area (Å²) < 4.78 is 2.98. The van der Waals surface area contributed by atoms with Gasteiger partial charge in [-0.05, 0) is 70.9 Å². The molecule has 1 amide bonds. The van der Waals surface area contributed by atoms with Crippen molar-refractivity contribution in [3.05, 3.63) is 68.4 Å². The van der Waals surface area contributed by atoms with Gasteiger partial charge in [-0.3, -0.25) is 14.2 Å². The minimum Gasteiger partial charge on any atom is -0.325 e. The van der Waals surface area contributed by atoms with Crippen molar-refractivity contribution in [3.63, 3.8) is 0 Å². The molecule has 28 heavy (non-hydrogen) atoms. The Balaban J connectivity index is 2.01. The van der Waals surface area contributed by atoms with Crippen LogP contribution >= 0.6 is 0 Å². The lowest BCUT2D eigenvalue weighted by atomic mass is 10.1. The summed E-state index contributed by atoms with van der Waals surface area (Å²) in [6.07, 6.45) is 0. The fraction of sp³-hybridized carbons (Fsp3) is 0.333. The number of aryl methyl sites for hydroxylation is 5. The molecule has 0 radical (unpaired) electrons. The first-order chi connectivity index (χ1) is 13.2. The number of nitrogens with one attached hydrogen (secondary N) is 1. The average molecular weight is 379 g/mol. The molecule has 2 aromatic heterocycles. The van der Waals surface area contributed by atoms with E-state index < -0.39 is 0 Å². The molecule has 0 aliphatic carbocycles. The van der Waals surface area contributed by atoms with E-state index in [1.807, 2.05) is 52.0 Å². The topological polar surface area (TPSA) is 81.8 Å². The monoisotopic (exact) mass is 379 g/mol. The van der Waals surface area contributed by atoms with Gasteiger partial charge in [-0.25, -0.2) is 9.67 Å². The van der Waals surface area contributed by atoms with E-state index in [0.29, 0.717) is 22.9 Å². The molecule has 2 heterocycles. The molecule has 1 N–H and O–H groups in total. The SMILES string of the molecule is Cc1cc(C)cc(NC(=O)Cn2c(-n3nc(C)cc3C)nc(C)c(C)c2=O)c1. The fourth-order valence-corrected chi connectivity index (χ4v) is 3.27. The number of anilines is 1. The Labute approximate surface area is 164 Å². The highest BCUT2D eigenvalue weighted by Gasteiger charge is 2.18. The molecule has 0 aliphatic rings. The lowest BCUT2D eigenvalue weighted by Crippen LogP contribution is -2.33. The summed E-state index contributed by atoms with van der Waals surface area (Å²) in [5.41, 5.74) is 5.38. The van der Waals surface area contributed by atoms with Crippen molar-refractivity contribution in [2.75, 3.05) is 5.32 Å². The van der Waals surface area contributed by atoms with Crippen LogP contribution in [0.5, 0.6) is 0 Å². The van der Waals surface area contributed by atoms with Gasteiger partial charge in [0.2, 0.25) is 11.9 Å². The molecule has 0 saturated heterocycles. The van der Waals surface area contributed by atoms with Crippen molar-refractivity contribution in [1.82, 2.24) is 19.3 Å². The largest absolute Gasteiger partial charge is 0.325 e. The van der Waals surface area contributed by atoms with Gasteiger partial charge in [0.25, 0.3) is 5.56 Å². The molecule has 7 heteroatoms. The second-order valence-electron chi connectivity index (χ2n) is 7.28. The van der Waals surface area contributed by atoms with E-state index >= 15 is 0 Å². The zero-order chi connectivity index (χ0) is 20.6. The van der Waals surface area contributed by atoms with Crippen LogP contribution in [0.15, 0.2) is 29.1 Å². The van der Waals surface area contributed by atoms with Gasteiger partial charge in [-0.1, -0.05) is 6.07 Å². The highest BCUT2D eigenvalue weighted by Crippen LogP contribution is 2.15. The number of rotatable bonds is 4. The predicted octanol–water partition coefficient (Wildman–Crippen LogP) is 2.92. The van der Waals surface area contributed by atoms with Gasteiger partial charge in [0.05, 0.1) is 5.69 Å². The Morgan fingerprint density at radius 1 is 1.00 bits per heavy atom. The van der Waals surface area contributed by atoms with Crippen LogP contribution in [0.4, 0.5) is 5.69 Å². The number of hydrogen-bond acceptors (Lipinski definition) is 4. The Morgan fingerprint density at radius 2 is 1.64 bits per heavy atom. The first kappa shape index (κ1) is 19.5. The van der Waals surface area contributed by atoms with Gasteiger partial charge in [0.1, 0.15) is 6.54 Å². The van der Waals surface area contributed by atoms with Crippen LogP contribution < -0.4 is 10.9 Å². The molecule has 0 bridgehead atoms. The summed E-state index contributed by atoms with van der Waals surface area (Å²) in [7, 11) is 0. The van der Waals surface area contributed by atoms with Gasteiger partial charge in [-0.2, -0.15) is 5.10 Å². The summed E-state index contributed by atoms with van der Waals surface area (Å²) in [4.78, 5) is 30.1. The number of aromatic nitrogens is 4. The summed E-state index contributed by atoms with van der Waals surface area (Å²) >= 11 is 0. The number of carbonyl (C=O) groups is 1. The molecular weight excluding hydrogens is 354 g/mol. The molecule has 1 aromatic carbocycles. The lowest BCUT2D eigenvalue weighted by molar-refractivity contribution is -0.116. The van der Waals surface area contributed by atoms with E-state index in [4.69, 9.17) is 0 Å². The van der Waals surface area contributed by atoms with Crippen molar-refractivity contribution in [2.45, 2.75) is 48.1 Å². The van der Waals surface area contributed by atoms with Crippen LogP contribution in [0.2, 0.25) is 0 Å². The third kappa shape index (κ3) is 3.88. The molecule has 0 unspecified atom stereocenters. The average Bonchev–Trinajstić information content (AvgIpc) is 2.92. The zero-order valence-corrected chi connectivity index (χ0v) is 17.1. The number of benzene rings is 1. The molecule has 146 valence electrons. The second kappa shape index (κ2) is 7.42. The quantitative estimate of drug-likeness (QED) is 0.756. The van der Waals surface area contributed by atoms with Crippen LogP contribution in [-0.4, -0.2) is 25.2 Å². The van der Waals surface area contributed by atoms with E-state index in [1.165, 1.54) is 4.57 Å². The van der Waals surface area contributed by atoms with E-state index in [2.05, 4.69) is 15.4 Å². The van der Waals surface area contributed by atoms with Crippen LogP contribution in [0.25, 0.3) is 5.95 Å². The van der Waals surface area contributed by atoms with Crippen LogP contribution in [-0.2, 0) is 11.3 Å². The van der Waals surface area contributed by atoms with Crippen molar-refractivity contribution in [2.24, 2.45) is 0 Å². The number of nitrogens with zero attached hydrogens (tertiary/aromatic N) is 4. The Hall–Kier alpha value is -3.22. The molecule has 0 saturated carbocycles. The highest BCUT2D eigenvalue weighted by atomic mass is 16.2. The summed E-state index contributed by atoms with van der Waals surface area (Å²) in [5.74, 6) is 0.0502. The van der Waals surface area contributed by atoms with Crippen LogP contribution in [0.1, 0.15) is 33.8 Å². The molecule has 0 spiro atoms. The number of hydrogen-bond donors (Lipinski definition) is 1. The van der Waals surface area contributed by atoms with Gasteiger partial charge < -0.3 is 5.32 Å². The van der Waals surface area contributed by atoms with E-state index in [0.717, 1.165) is 22.5 Å². The van der Waals surface area contributed by atoms with Gasteiger partial charge in [0, 0.05) is 22.6 Å². The van der Waals surface area contributed by atoms with E-state index in [-0.39, 0.29) is 18.0 Å². The minimum atomic E-state index is -0.292. The Kier molecular flexibility index (Phi) is 5.18. The van der Waals surface area contributed by atoms with Crippen molar-refractivity contribution < 1.29 is 4.79 Å². The predicted molar refractivity (Wildman–Crippen MR) is 109 cm³/mol. The van der Waals surface area contributed by atoms with E-state index in [1.54, 1.807) is 18.5 Å². The van der Waals surface area contributed by atoms with Crippen molar-refractivity contribution >= 4 is 11.6 Å².